The van der Waals surface area contributed by atoms with E-state index < -0.39 is 5.97 Å². The van der Waals surface area contributed by atoms with Crippen LogP contribution >= 0.6 is 0 Å². The summed E-state index contributed by atoms with van der Waals surface area (Å²) >= 11 is 0. The van der Waals surface area contributed by atoms with Gasteiger partial charge in [0.25, 0.3) is 0 Å². The SMILES string of the molecule is COc1ccccc1C(=O)Oc1cc(C(C)C)nn1-c1ccc(C)cc1C. The zero-order chi connectivity index (χ0) is 19.6. The van der Waals surface area contributed by atoms with Gasteiger partial charge < -0.3 is 9.47 Å². The third kappa shape index (κ3) is 3.87. The average molecular weight is 364 g/mol. The number of hydrogen-bond donors (Lipinski definition) is 0. The Morgan fingerprint density at radius 1 is 1.07 bits per heavy atom. The standard InChI is InChI=1S/C22H24N2O3/c1-14(2)18-13-21(24(23-18)19-11-10-15(3)12-16(19)4)27-22(25)17-8-6-7-9-20(17)26-5/h6-14H,1-5H3. The van der Waals surface area contributed by atoms with E-state index in [1.54, 1.807) is 22.9 Å². The van der Waals surface area contributed by atoms with Gasteiger partial charge in [0.05, 0.1) is 18.5 Å². The van der Waals surface area contributed by atoms with E-state index in [1.807, 2.05) is 38.1 Å². The minimum absolute atomic E-state index is 0.209. The fourth-order valence-electron chi connectivity index (χ4n) is 2.91. The fraction of sp³-hybridized carbons (Fsp3) is 0.273. The van der Waals surface area contributed by atoms with E-state index >= 15 is 0 Å². The number of para-hydroxylation sites is 1. The van der Waals surface area contributed by atoms with E-state index in [2.05, 4.69) is 25.0 Å². The van der Waals surface area contributed by atoms with Gasteiger partial charge in [-0.15, -0.1) is 0 Å². The Morgan fingerprint density at radius 2 is 1.81 bits per heavy atom. The predicted octanol–water partition coefficient (Wildman–Crippen LogP) is 4.84. The number of aryl methyl sites for hydroxylation is 2. The molecule has 1 aromatic heterocycles. The summed E-state index contributed by atoms with van der Waals surface area (Å²) in [5.74, 6) is 0.597. The highest BCUT2D eigenvalue weighted by Gasteiger charge is 2.20. The second-order valence-electron chi connectivity index (χ2n) is 6.85. The second kappa shape index (κ2) is 7.66. The monoisotopic (exact) mass is 364 g/mol. The van der Waals surface area contributed by atoms with Gasteiger partial charge in [0.15, 0.2) is 0 Å². The summed E-state index contributed by atoms with van der Waals surface area (Å²) in [6, 6.07) is 14.9. The van der Waals surface area contributed by atoms with Crippen molar-refractivity contribution in [2.24, 2.45) is 0 Å². The van der Waals surface area contributed by atoms with Crippen LogP contribution in [-0.4, -0.2) is 22.9 Å². The molecule has 0 aliphatic heterocycles. The predicted molar refractivity (Wildman–Crippen MR) is 105 cm³/mol. The van der Waals surface area contributed by atoms with Gasteiger partial charge >= 0.3 is 5.97 Å². The van der Waals surface area contributed by atoms with Gasteiger partial charge in [0.2, 0.25) is 5.88 Å². The summed E-state index contributed by atoms with van der Waals surface area (Å²) in [6.45, 7) is 8.17. The smallest absolute Gasteiger partial charge is 0.348 e. The van der Waals surface area contributed by atoms with Crippen molar-refractivity contribution in [3.05, 3.63) is 70.9 Å². The number of benzene rings is 2. The zero-order valence-electron chi connectivity index (χ0n) is 16.3. The van der Waals surface area contributed by atoms with Gasteiger partial charge in [-0.25, -0.2) is 9.48 Å². The molecule has 140 valence electrons. The van der Waals surface area contributed by atoms with Crippen molar-refractivity contribution in [3.63, 3.8) is 0 Å². The largest absolute Gasteiger partial charge is 0.496 e. The molecular weight excluding hydrogens is 340 g/mol. The van der Waals surface area contributed by atoms with Crippen LogP contribution in [0.4, 0.5) is 0 Å². The molecule has 3 aromatic rings. The Morgan fingerprint density at radius 3 is 2.48 bits per heavy atom. The first kappa shape index (κ1) is 18.7. The van der Waals surface area contributed by atoms with Crippen LogP contribution < -0.4 is 9.47 Å². The van der Waals surface area contributed by atoms with Crippen molar-refractivity contribution in [2.45, 2.75) is 33.6 Å². The maximum Gasteiger partial charge on any atom is 0.348 e. The van der Waals surface area contributed by atoms with Crippen molar-refractivity contribution in [3.8, 4) is 17.3 Å². The van der Waals surface area contributed by atoms with Gasteiger partial charge in [0.1, 0.15) is 11.3 Å². The van der Waals surface area contributed by atoms with Gasteiger partial charge in [0, 0.05) is 6.07 Å². The number of esters is 1. The average Bonchev–Trinajstić information content (AvgIpc) is 3.05. The van der Waals surface area contributed by atoms with Gasteiger partial charge in [-0.2, -0.15) is 5.10 Å². The van der Waals surface area contributed by atoms with Crippen molar-refractivity contribution >= 4 is 5.97 Å². The molecule has 0 spiro atoms. The molecule has 0 saturated heterocycles. The number of carbonyl (C=O) groups excluding carboxylic acids is 1. The normalized spacial score (nSPS) is 10.9. The summed E-state index contributed by atoms with van der Waals surface area (Å²) in [5.41, 5.74) is 4.34. The molecule has 0 N–H and O–H groups in total. The molecule has 0 aliphatic rings. The van der Waals surface area contributed by atoms with Crippen molar-refractivity contribution in [2.75, 3.05) is 7.11 Å². The maximum absolute atomic E-state index is 12.8. The highest BCUT2D eigenvalue weighted by Crippen LogP contribution is 2.28. The first-order valence-electron chi connectivity index (χ1n) is 8.93. The Kier molecular flexibility index (Phi) is 5.31. The van der Waals surface area contributed by atoms with E-state index in [0.29, 0.717) is 17.2 Å². The maximum atomic E-state index is 12.8. The number of aromatic nitrogens is 2. The molecule has 27 heavy (non-hydrogen) atoms. The number of hydrogen-bond acceptors (Lipinski definition) is 4. The first-order valence-corrected chi connectivity index (χ1v) is 8.93. The molecule has 5 nitrogen and oxygen atoms in total. The fourth-order valence-corrected chi connectivity index (χ4v) is 2.91. The third-order valence-corrected chi connectivity index (χ3v) is 4.39. The lowest BCUT2D eigenvalue weighted by Gasteiger charge is -2.12. The van der Waals surface area contributed by atoms with E-state index in [-0.39, 0.29) is 5.92 Å². The molecule has 0 aliphatic carbocycles. The molecule has 0 bridgehead atoms. The Balaban J connectivity index is 2.03. The van der Waals surface area contributed by atoms with Crippen LogP contribution in [0.25, 0.3) is 5.69 Å². The summed E-state index contributed by atoms with van der Waals surface area (Å²) in [4.78, 5) is 12.8. The van der Waals surface area contributed by atoms with E-state index in [9.17, 15) is 4.79 Å². The Labute approximate surface area is 159 Å². The molecule has 0 atom stereocenters. The van der Waals surface area contributed by atoms with Crippen molar-refractivity contribution in [1.29, 1.82) is 0 Å². The Hall–Kier alpha value is -3.08. The van der Waals surface area contributed by atoms with Crippen LogP contribution in [-0.2, 0) is 0 Å². The lowest BCUT2D eigenvalue weighted by molar-refractivity contribution is 0.0719. The molecular formula is C22H24N2O3. The zero-order valence-corrected chi connectivity index (χ0v) is 16.3. The molecule has 0 fully saturated rings. The second-order valence-corrected chi connectivity index (χ2v) is 6.85. The van der Waals surface area contributed by atoms with Gasteiger partial charge in [-0.3, -0.25) is 0 Å². The molecule has 0 radical (unpaired) electrons. The number of nitrogens with zero attached hydrogens (tertiary/aromatic N) is 2. The number of rotatable bonds is 5. The number of carbonyl (C=O) groups is 1. The topological polar surface area (TPSA) is 53.4 Å². The van der Waals surface area contributed by atoms with Crippen molar-refractivity contribution < 1.29 is 14.3 Å². The summed E-state index contributed by atoms with van der Waals surface area (Å²) < 4.78 is 12.7. The van der Waals surface area contributed by atoms with Gasteiger partial charge in [-0.05, 0) is 43.5 Å². The van der Waals surface area contributed by atoms with Gasteiger partial charge in [-0.1, -0.05) is 43.7 Å². The molecule has 0 saturated carbocycles. The van der Waals surface area contributed by atoms with Crippen LogP contribution in [0.1, 0.15) is 46.9 Å². The van der Waals surface area contributed by atoms with Crippen LogP contribution in [0.15, 0.2) is 48.5 Å². The van der Waals surface area contributed by atoms with Crippen molar-refractivity contribution in [1.82, 2.24) is 9.78 Å². The number of methoxy groups -OCH3 is 1. The summed E-state index contributed by atoms with van der Waals surface area (Å²) in [7, 11) is 1.53. The van der Waals surface area contributed by atoms with E-state index in [0.717, 1.165) is 16.9 Å². The first-order chi connectivity index (χ1) is 12.9. The van der Waals surface area contributed by atoms with E-state index in [4.69, 9.17) is 9.47 Å². The highest BCUT2D eigenvalue weighted by atomic mass is 16.5. The minimum Gasteiger partial charge on any atom is -0.496 e. The Bertz CT molecular complexity index is 973. The van der Waals surface area contributed by atoms with Crippen LogP contribution in [0, 0.1) is 13.8 Å². The highest BCUT2D eigenvalue weighted by molar-refractivity contribution is 5.93. The molecule has 2 aromatic carbocycles. The molecule has 5 heteroatoms. The summed E-state index contributed by atoms with van der Waals surface area (Å²) in [5, 5.41) is 4.67. The molecule has 1 heterocycles. The quantitative estimate of drug-likeness (QED) is 0.608. The lowest BCUT2D eigenvalue weighted by Crippen LogP contribution is -2.13. The van der Waals surface area contributed by atoms with Crippen LogP contribution in [0.2, 0.25) is 0 Å². The van der Waals surface area contributed by atoms with Crippen LogP contribution in [0.5, 0.6) is 11.6 Å². The molecule has 0 amide bonds. The van der Waals surface area contributed by atoms with E-state index in [1.165, 1.54) is 12.7 Å². The third-order valence-electron chi connectivity index (χ3n) is 4.39. The summed E-state index contributed by atoms with van der Waals surface area (Å²) in [6.07, 6.45) is 0. The minimum atomic E-state index is -0.478. The van der Waals surface area contributed by atoms with Crippen LogP contribution in [0.3, 0.4) is 0 Å². The molecule has 3 rings (SSSR count). The lowest BCUT2D eigenvalue weighted by atomic mass is 10.1. The molecule has 0 unspecified atom stereocenters. The number of ether oxygens (including phenoxy) is 2.